The van der Waals surface area contributed by atoms with Gasteiger partial charge in [-0.05, 0) is 16.7 Å². The van der Waals surface area contributed by atoms with E-state index in [1.807, 2.05) is 13.8 Å². The molecule has 4 nitrogen and oxygen atoms in total. The first-order valence-corrected chi connectivity index (χ1v) is 7.77. The molecule has 1 aliphatic rings. The third kappa shape index (κ3) is 2.78. The van der Waals surface area contributed by atoms with Crippen LogP contribution < -0.4 is 5.32 Å². The molecule has 0 unspecified atom stereocenters. The predicted octanol–water partition coefficient (Wildman–Crippen LogP) is 3.67. The first-order chi connectivity index (χ1) is 9.59. The molecule has 1 heterocycles. The van der Waals surface area contributed by atoms with E-state index in [1.165, 1.54) is 6.20 Å². The van der Waals surface area contributed by atoms with Crippen molar-refractivity contribution in [3.63, 3.8) is 0 Å². The Morgan fingerprint density at radius 1 is 1.33 bits per heavy atom. The van der Waals surface area contributed by atoms with Crippen molar-refractivity contribution in [2.24, 2.45) is 16.7 Å². The predicted molar refractivity (Wildman–Crippen MR) is 84.5 cm³/mol. The second-order valence-electron chi connectivity index (χ2n) is 7.29. The van der Waals surface area contributed by atoms with Gasteiger partial charge in [-0.15, -0.1) is 0 Å². The van der Waals surface area contributed by atoms with Crippen molar-refractivity contribution >= 4 is 17.5 Å². The maximum Gasteiger partial charge on any atom is 0.271 e. The number of nitrogens with zero attached hydrogens (tertiary/aromatic N) is 2. The summed E-state index contributed by atoms with van der Waals surface area (Å²) in [6, 6.07) is 0. The van der Waals surface area contributed by atoms with Gasteiger partial charge in [0.25, 0.3) is 5.91 Å². The maximum atomic E-state index is 12.3. The van der Waals surface area contributed by atoms with Gasteiger partial charge in [0.05, 0.1) is 11.2 Å². The van der Waals surface area contributed by atoms with Crippen LogP contribution in [0, 0.1) is 16.7 Å². The molecule has 1 amide bonds. The minimum atomic E-state index is -0.220. The Balaban J connectivity index is 2.07. The van der Waals surface area contributed by atoms with Crippen molar-refractivity contribution in [1.29, 1.82) is 0 Å². The van der Waals surface area contributed by atoms with E-state index in [0.717, 1.165) is 0 Å². The van der Waals surface area contributed by atoms with Gasteiger partial charge in [0.1, 0.15) is 11.5 Å². The summed E-state index contributed by atoms with van der Waals surface area (Å²) < 4.78 is 0. The van der Waals surface area contributed by atoms with Crippen LogP contribution in [-0.2, 0) is 0 Å². The van der Waals surface area contributed by atoms with E-state index in [-0.39, 0.29) is 28.3 Å². The Kier molecular flexibility index (Phi) is 4.04. The van der Waals surface area contributed by atoms with Gasteiger partial charge in [0, 0.05) is 12.5 Å². The highest BCUT2D eigenvalue weighted by Gasteiger charge is 2.64. The average Bonchev–Trinajstić information content (AvgIpc) is 2.77. The molecular formula is C16H24ClN3O. The molecular weight excluding hydrogens is 286 g/mol. The number of carbonyl (C=O) groups excluding carboxylic acids is 1. The highest BCUT2D eigenvalue weighted by molar-refractivity contribution is 6.33. The summed E-state index contributed by atoms with van der Waals surface area (Å²) in [4.78, 5) is 20.7. The largest absolute Gasteiger partial charge is 0.350 e. The fourth-order valence-electron chi connectivity index (χ4n) is 2.94. The quantitative estimate of drug-likeness (QED) is 0.923. The van der Waals surface area contributed by atoms with E-state index in [1.54, 1.807) is 0 Å². The molecule has 0 bridgehead atoms. The molecule has 1 N–H and O–H groups in total. The van der Waals surface area contributed by atoms with Crippen molar-refractivity contribution in [3.05, 3.63) is 22.7 Å². The van der Waals surface area contributed by atoms with Gasteiger partial charge in [-0.25, -0.2) is 9.97 Å². The van der Waals surface area contributed by atoms with Gasteiger partial charge < -0.3 is 5.32 Å². The summed E-state index contributed by atoms with van der Waals surface area (Å²) in [5, 5.41) is 3.26. The van der Waals surface area contributed by atoms with Crippen LogP contribution >= 0.6 is 11.6 Å². The third-order valence-electron chi connectivity index (χ3n) is 5.28. The number of aromatic nitrogens is 2. The van der Waals surface area contributed by atoms with Crippen LogP contribution in [0.3, 0.4) is 0 Å². The lowest BCUT2D eigenvalue weighted by Crippen LogP contribution is -2.28. The topological polar surface area (TPSA) is 54.9 Å². The van der Waals surface area contributed by atoms with Crippen LogP contribution in [0.5, 0.6) is 0 Å². The van der Waals surface area contributed by atoms with E-state index in [2.05, 4.69) is 43.0 Å². The maximum absolute atomic E-state index is 12.3. The summed E-state index contributed by atoms with van der Waals surface area (Å²) in [6.07, 6.45) is 1.50. The van der Waals surface area contributed by atoms with E-state index in [9.17, 15) is 4.79 Å². The van der Waals surface area contributed by atoms with Crippen LogP contribution in [0.1, 0.15) is 63.8 Å². The van der Waals surface area contributed by atoms with Crippen molar-refractivity contribution < 1.29 is 4.79 Å². The molecule has 1 fully saturated rings. The Morgan fingerprint density at radius 3 is 2.38 bits per heavy atom. The summed E-state index contributed by atoms with van der Waals surface area (Å²) in [5.74, 6) is 1.05. The molecule has 0 aliphatic heterocycles. The highest BCUT2D eigenvalue weighted by Crippen LogP contribution is 2.67. The number of amides is 1. The van der Waals surface area contributed by atoms with Gasteiger partial charge in [-0.1, -0.05) is 53.1 Å². The van der Waals surface area contributed by atoms with E-state index in [0.29, 0.717) is 23.3 Å². The summed E-state index contributed by atoms with van der Waals surface area (Å²) >= 11 is 6.05. The van der Waals surface area contributed by atoms with E-state index < -0.39 is 0 Å². The van der Waals surface area contributed by atoms with Gasteiger partial charge in [-0.3, -0.25) is 4.79 Å². The normalized spacial score (nSPS) is 19.6. The minimum Gasteiger partial charge on any atom is -0.350 e. The highest BCUT2D eigenvalue weighted by atomic mass is 35.5. The zero-order valence-corrected chi connectivity index (χ0v) is 14.4. The number of hydrogen-bond acceptors (Lipinski definition) is 3. The Hall–Kier alpha value is -1.16. The molecule has 21 heavy (non-hydrogen) atoms. The molecule has 1 saturated carbocycles. The molecule has 0 atom stereocenters. The SMILES string of the molecule is CC(C)c1ncc(Cl)c(C(=O)NCC2C(C)(C)C2(C)C)n1. The fraction of sp³-hybridized carbons (Fsp3) is 0.688. The van der Waals surface area contributed by atoms with Gasteiger partial charge in [0.15, 0.2) is 0 Å². The zero-order valence-electron chi connectivity index (χ0n) is 13.6. The minimum absolute atomic E-state index is 0.162. The average molecular weight is 310 g/mol. The second-order valence-corrected chi connectivity index (χ2v) is 7.69. The van der Waals surface area contributed by atoms with E-state index in [4.69, 9.17) is 11.6 Å². The Bertz CT molecular complexity index is 553. The Labute approximate surface area is 131 Å². The summed E-state index contributed by atoms with van der Waals surface area (Å²) in [5.41, 5.74) is 0.768. The molecule has 0 aromatic carbocycles. The number of nitrogens with one attached hydrogen (secondary N) is 1. The molecule has 116 valence electrons. The number of rotatable bonds is 4. The molecule has 1 aliphatic carbocycles. The lowest BCUT2D eigenvalue weighted by atomic mass is 10.0. The first-order valence-electron chi connectivity index (χ1n) is 7.39. The monoisotopic (exact) mass is 309 g/mol. The third-order valence-corrected chi connectivity index (χ3v) is 5.56. The van der Waals surface area contributed by atoms with Gasteiger partial charge in [-0.2, -0.15) is 0 Å². The van der Waals surface area contributed by atoms with Crippen LogP contribution in [-0.4, -0.2) is 22.4 Å². The molecule has 0 saturated heterocycles. The lowest BCUT2D eigenvalue weighted by Gasteiger charge is -2.09. The number of hydrogen-bond donors (Lipinski definition) is 1. The summed E-state index contributed by atoms with van der Waals surface area (Å²) in [6.45, 7) is 13.6. The smallest absolute Gasteiger partial charge is 0.271 e. The van der Waals surface area contributed by atoms with E-state index >= 15 is 0 Å². The van der Waals surface area contributed by atoms with Crippen molar-refractivity contribution in [1.82, 2.24) is 15.3 Å². The van der Waals surface area contributed by atoms with Crippen LogP contribution in [0.4, 0.5) is 0 Å². The van der Waals surface area contributed by atoms with Crippen LogP contribution in [0.15, 0.2) is 6.20 Å². The fourth-order valence-corrected chi connectivity index (χ4v) is 3.12. The zero-order chi connectivity index (χ0) is 16.0. The molecule has 0 radical (unpaired) electrons. The van der Waals surface area contributed by atoms with Crippen LogP contribution in [0.25, 0.3) is 0 Å². The molecule has 0 spiro atoms. The summed E-state index contributed by atoms with van der Waals surface area (Å²) in [7, 11) is 0. The number of carbonyl (C=O) groups is 1. The number of halogens is 1. The van der Waals surface area contributed by atoms with Gasteiger partial charge in [0.2, 0.25) is 0 Å². The Morgan fingerprint density at radius 2 is 1.90 bits per heavy atom. The van der Waals surface area contributed by atoms with Crippen LogP contribution in [0.2, 0.25) is 5.02 Å². The van der Waals surface area contributed by atoms with Crippen molar-refractivity contribution in [2.45, 2.75) is 47.5 Å². The molecule has 1 aromatic rings. The second kappa shape index (κ2) is 5.24. The van der Waals surface area contributed by atoms with Crippen molar-refractivity contribution in [2.75, 3.05) is 6.54 Å². The van der Waals surface area contributed by atoms with Gasteiger partial charge >= 0.3 is 0 Å². The molecule has 5 heteroatoms. The first kappa shape index (κ1) is 16.2. The van der Waals surface area contributed by atoms with Crippen molar-refractivity contribution in [3.8, 4) is 0 Å². The molecule has 2 rings (SSSR count). The lowest BCUT2D eigenvalue weighted by molar-refractivity contribution is 0.0944. The molecule has 1 aromatic heterocycles. The standard InChI is InChI=1S/C16H24ClN3O/c1-9(2)13-18-7-10(17)12(20-13)14(21)19-8-11-15(3,4)16(11,5)6/h7,9,11H,8H2,1-6H3,(H,19,21).